The number of rotatable bonds is 6. The molecule has 1 fully saturated rings. The predicted molar refractivity (Wildman–Crippen MR) is 109 cm³/mol. The number of aliphatic hydroxyl groups is 1. The summed E-state index contributed by atoms with van der Waals surface area (Å²) in [6.07, 6.45) is 5.85. The Labute approximate surface area is 174 Å². The zero-order valence-corrected chi connectivity index (χ0v) is 16.2. The van der Waals surface area contributed by atoms with Crippen molar-refractivity contribution in [2.75, 3.05) is 11.9 Å². The molecular weight excluding hydrogens is 402 g/mol. The number of hydrogen-bond acceptors (Lipinski definition) is 9. The Hall–Kier alpha value is -4.06. The number of H-pyrrole nitrogens is 2. The number of pyridine rings is 1. The molecule has 5 N–H and O–H groups in total. The van der Waals surface area contributed by atoms with Crippen LogP contribution in [0.5, 0.6) is 5.88 Å². The predicted octanol–water partition coefficient (Wildman–Crippen LogP) is -1.00. The average molecular weight is 421 g/mol. The van der Waals surface area contributed by atoms with Crippen LogP contribution >= 0.6 is 0 Å². The minimum atomic E-state index is -0.845. The van der Waals surface area contributed by atoms with E-state index in [1.165, 1.54) is 4.52 Å². The van der Waals surface area contributed by atoms with Crippen molar-refractivity contribution < 1.29 is 10.2 Å². The molecule has 31 heavy (non-hydrogen) atoms. The van der Waals surface area contributed by atoms with E-state index in [0.717, 1.165) is 12.8 Å². The van der Waals surface area contributed by atoms with E-state index in [-0.39, 0.29) is 30.1 Å². The van der Waals surface area contributed by atoms with Crippen molar-refractivity contribution >= 4 is 17.7 Å². The lowest BCUT2D eigenvalue weighted by atomic mass is 10.2. The SMILES string of the molecule is O=c1[nH]c(O)c(/C=c2/cnn3c(=NC4CC4)nc(NCC(O)c4ccccn4)nc23)[nH]1. The third kappa shape index (κ3) is 4.00. The van der Waals surface area contributed by atoms with Gasteiger partial charge >= 0.3 is 5.69 Å². The van der Waals surface area contributed by atoms with E-state index in [1.807, 2.05) is 0 Å². The maximum Gasteiger partial charge on any atom is 0.326 e. The Morgan fingerprint density at radius 3 is 2.90 bits per heavy atom. The molecule has 4 aromatic rings. The van der Waals surface area contributed by atoms with Crippen LogP contribution in [0.2, 0.25) is 0 Å². The molecule has 0 aliphatic heterocycles. The number of hydrogen-bond donors (Lipinski definition) is 5. The van der Waals surface area contributed by atoms with Gasteiger partial charge in [-0.1, -0.05) is 6.07 Å². The normalized spacial score (nSPS) is 16.2. The van der Waals surface area contributed by atoms with Gasteiger partial charge in [0.1, 0.15) is 11.8 Å². The second-order valence-electron chi connectivity index (χ2n) is 7.18. The highest BCUT2D eigenvalue weighted by atomic mass is 16.3. The number of aromatic amines is 2. The monoisotopic (exact) mass is 421 g/mol. The molecule has 12 nitrogen and oxygen atoms in total. The third-order valence-corrected chi connectivity index (χ3v) is 4.74. The molecule has 1 atom stereocenters. The van der Waals surface area contributed by atoms with Gasteiger partial charge in [-0.2, -0.15) is 19.6 Å². The van der Waals surface area contributed by atoms with Crippen LogP contribution in [0.4, 0.5) is 5.95 Å². The number of aromatic hydroxyl groups is 1. The summed E-state index contributed by atoms with van der Waals surface area (Å²) in [5.74, 6) is -0.0121. The molecule has 5 rings (SSSR count). The first kappa shape index (κ1) is 18.9. The van der Waals surface area contributed by atoms with Crippen LogP contribution in [0.1, 0.15) is 30.3 Å². The second kappa shape index (κ2) is 7.65. The molecule has 4 aromatic heterocycles. The first-order chi connectivity index (χ1) is 15.1. The van der Waals surface area contributed by atoms with Crippen molar-refractivity contribution in [3.8, 4) is 5.88 Å². The molecule has 0 radical (unpaired) electrons. The van der Waals surface area contributed by atoms with Gasteiger partial charge in [0, 0.05) is 18.0 Å². The van der Waals surface area contributed by atoms with Crippen LogP contribution in [0.25, 0.3) is 11.7 Å². The highest BCUT2D eigenvalue weighted by Crippen LogP contribution is 2.22. The van der Waals surface area contributed by atoms with E-state index in [9.17, 15) is 15.0 Å². The zero-order chi connectivity index (χ0) is 21.4. The molecule has 0 aromatic carbocycles. The Balaban J connectivity index is 1.54. The van der Waals surface area contributed by atoms with Gasteiger partial charge < -0.3 is 20.5 Å². The summed E-state index contributed by atoms with van der Waals surface area (Å²) in [6.45, 7) is 0.148. The van der Waals surface area contributed by atoms with E-state index in [1.54, 1.807) is 36.7 Å². The molecule has 4 heterocycles. The van der Waals surface area contributed by atoms with Crippen LogP contribution in [0.15, 0.2) is 40.4 Å². The summed E-state index contributed by atoms with van der Waals surface area (Å²) in [5, 5.41) is 28.1. The number of aliphatic hydroxyl groups excluding tert-OH is 1. The fraction of sp³-hybridized carbons (Fsp3) is 0.263. The topological polar surface area (TPSA) is 169 Å². The molecule has 1 saturated carbocycles. The largest absolute Gasteiger partial charge is 0.493 e. The van der Waals surface area contributed by atoms with Crippen LogP contribution in [-0.4, -0.2) is 57.3 Å². The van der Waals surface area contributed by atoms with E-state index in [0.29, 0.717) is 22.2 Å². The Morgan fingerprint density at radius 2 is 2.19 bits per heavy atom. The lowest BCUT2D eigenvalue weighted by Gasteiger charge is -2.11. The van der Waals surface area contributed by atoms with E-state index in [4.69, 9.17) is 0 Å². The van der Waals surface area contributed by atoms with Gasteiger partial charge in [0.25, 0.3) is 5.62 Å². The zero-order valence-electron chi connectivity index (χ0n) is 16.2. The molecule has 158 valence electrons. The Morgan fingerprint density at radius 1 is 1.32 bits per heavy atom. The number of nitrogens with zero attached hydrogens (tertiary/aromatic N) is 6. The van der Waals surface area contributed by atoms with Crippen molar-refractivity contribution in [1.29, 1.82) is 0 Å². The molecule has 0 amide bonds. The van der Waals surface area contributed by atoms with E-state index < -0.39 is 11.8 Å². The van der Waals surface area contributed by atoms with Gasteiger partial charge in [0.15, 0.2) is 5.65 Å². The maximum absolute atomic E-state index is 11.4. The summed E-state index contributed by atoms with van der Waals surface area (Å²) in [6, 6.07) is 5.51. The van der Waals surface area contributed by atoms with Crippen LogP contribution in [0, 0.1) is 0 Å². The molecule has 12 heteroatoms. The van der Waals surface area contributed by atoms with Gasteiger partial charge in [-0.15, -0.1) is 0 Å². The van der Waals surface area contributed by atoms with Gasteiger partial charge in [0.2, 0.25) is 11.8 Å². The van der Waals surface area contributed by atoms with Crippen LogP contribution in [0.3, 0.4) is 0 Å². The summed E-state index contributed by atoms with van der Waals surface area (Å²) < 4.78 is 1.51. The van der Waals surface area contributed by atoms with Crippen molar-refractivity contribution in [2.45, 2.75) is 25.0 Å². The lowest BCUT2D eigenvalue weighted by Crippen LogP contribution is -2.26. The first-order valence-electron chi connectivity index (χ1n) is 9.72. The number of nitrogens with one attached hydrogen (secondary N) is 3. The summed E-state index contributed by atoms with van der Waals surface area (Å²) in [7, 11) is 0. The molecular formula is C19H19N9O3. The summed E-state index contributed by atoms with van der Waals surface area (Å²) in [4.78, 5) is 33.9. The third-order valence-electron chi connectivity index (χ3n) is 4.74. The van der Waals surface area contributed by atoms with Gasteiger partial charge in [-0.25, -0.2) is 9.79 Å². The van der Waals surface area contributed by atoms with E-state index >= 15 is 0 Å². The quantitative estimate of drug-likeness (QED) is 0.264. The standard InChI is InChI=1S/C19H19N9O3/c29-14(12-3-1-2-6-20-12)9-21-17-25-15-10(7-13-16(30)26-19(31)24-13)8-22-28(15)18(27-17)23-11-4-5-11/h1-3,6-8,11,14,29-30H,4-5,9H2,(H,21,23,27)(H2,24,26,31)/b10-7-. The highest BCUT2D eigenvalue weighted by Gasteiger charge is 2.21. The average Bonchev–Trinajstić information content (AvgIpc) is 3.41. The van der Waals surface area contributed by atoms with Gasteiger partial charge in [-0.05, 0) is 31.1 Å². The smallest absolute Gasteiger partial charge is 0.326 e. The van der Waals surface area contributed by atoms with Crippen LogP contribution in [-0.2, 0) is 0 Å². The van der Waals surface area contributed by atoms with Crippen molar-refractivity contribution in [3.63, 3.8) is 0 Å². The Kier molecular flexibility index (Phi) is 4.67. The molecule has 1 unspecified atom stereocenters. The molecule has 0 saturated heterocycles. The minimum Gasteiger partial charge on any atom is -0.493 e. The summed E-state index contributed by atoms with van der Waals surface area (Å²) in [5.41, 5.74) is 1.04. The lowest BCUT2D eigenvalue weighted by molar-refractivity contribution is 0.186. The van der Waals surface area contributed by atoms with E-state index in [2.05, 4.69) is 40.3 Å². The fourth-order valence-electron chi connectivity index (χ4n) is 3.02. The fourth-order valence-corrected chi connectivity index (χ4v) is 3.02. The number of imidazole rings is 1. The highest BCUT2D eigenvalue weighted by molar-refractivity contribution is 5.57. The number of fused-ring (bicyclic) bond motifs is 1. The number of aromatic nitrogens is 7. The van der Waals surface area contributed by atoms with Crippen LogP contribution < -0.4 is 21.8 Å². The molecule has 0 bridgehead atoms. The number of anilines is 1. The minimum absolute atomic E-state index is 0.148. The molecule has 1 aliphatic rings. The van der Waals surface area contributed by atoms with Crippen molar-refractivity contribution in [1.82, 2.24) is 34.5 Å². The first-order valence-corrected chi connectivity index (χ1v) is 9.72. The van der Waals surface area contributed by atoms with Crippen molar-refractivity contribution in [3.05, 3.63) is 63.3 Å². The maximum atomic E-state index is 11.4. The molecule has 0 spiro atoms. The molecule has 1 aliphatic carbocycles. The summed E-state index contributed by atoms with van der Waals surface area (Å²) >= 11 is 0. The van der Waals surface area contributed by atoms with Gasteiger partial charge in [0.05, 0.1) is 17.9 Å². The Bertz CT molecular complexity index is 1400. The second-order valence-corrected chi connectivity index (χ2v) is 7.18. The van der Waals surface area contributed by atoms with Crippen molar-refractivity contribution in [2.24, 2.45) is 4.99 Å². The van der Waals surface area contributed by atoms with Gasteiger partial charge in [-0.3, -0.25) is 9.97 Å².